The van der Waals surface area contributed by atoms with Gasteiger partial charge in [-0.1, -0.05) is 30.3 Å². The number of likely N-dealkylation sites (N-methyl/N-ethyl adjacent to an activating group) is 1. The largest absolute Gasteiger partial charge is 0.475 e. The van der Waals surface area contributed by atoms with Crippen molar-refractivity contribution in [2.45, 2.75) is 6.42 Å². The summed E-state index contributed by atoms with van der Waals surface area (Å²) < 4.78 is 0. The maximum atomic E-state index is 11.8. The van der Waals surface area contributed by atoms with Crippen molar-refractivity contribution in [1.82, 2.24) is 10.3 Å². The highest BCUT2D eigenvalue weighted by Crippen LogP contribution is 2.19. The summed E-state index contributed by atoms with van der Waals surface area (Å²) in [6.07, 6.45) is 2.13. The van der Waals surface area contributed by atoms with E-state index in [-0.39, 0.29) is 5.56 Å². The first kappa shape index (κ1) is 16.6. The number of aliphatic carboxylic acids is 1. The number of hydrogen-bond donors (Lipinski definition) is 3. The average molecular weight is 313 g/mol. The molecule has 0 fully saturated rings. The number of carboxylic acids is 1. The molecule has 0 saturated carbocycles. The summed E-state index contributed by atoms with van der Waals surface area (Å²) in [5, 5.41) is 15.2. The zero-order chi connectivity index (χ0) is 16.7. The lowest BCUT2D eigenvalue weighted by molar-refractivity contribution is -0.131. The molecule has 0 aliphatic heterocycles. The zero-order valence-corrected chi connectivity index (χ0v) is 12.9. The fourth-order valence-corrected chi connectivity index (χ4v) is 2.26. The van der Waals surface area contributed by atoms with Crippen molar-refractivity contribution in [2.75, 3.05) is 25.5 Å². The number of aromatic nitrogens is 1. The van der Waals surface area contributed by atoms with E-state index >= 15 is 0 Å². The number of ketones is 1. The maximum absolute atomic E-state index is 11.8. The lowest BCUT2D eigenvalue weighted by atomic mass is 9.97. The van der Waals surface area contributed by atoms with Crippen molar-refractivity contribution in [1.29, 1.82) is 0 Å². The van der Waals surface area contributed by atoms with E-state index in [1.165, 1.54) is 6.07 Å². The van der Waals surface area contributed by atoms with Gasteiger partial charge in [-0.2, -0.15) is 0 Å². The number of nitrogens with one attached hydrogen (secondary N) is 2. The Morgan fingerprint density at radius 3 is 2.57 bits per heavy atom. The van der Waals surface area contributed by atoms with Gasteiger partial charge < -0.3 is 15.7 Å². The average Bonchev–Trinajstić information content (AvgIpc) is 2.56. The summed E-state index contributed by atoms with van der Waals surface area (Å²) >= 11 is 0. The van der Waals surface area contributed by atoms with Gasteiger partial charge in [0.15, 0.2) is 0 Å². The molecule has 120 valence electrons. The van der Waals surface area contributed by atoms with Crippen LogP contribution in [0.3, 0.4) is 0 Å². The molecule has 0 radical (unpaired) electrons. The molecule has 0 spiro atoms. The Morgan fingerprint density at radius 2 is 1.83 bits per heavy atom. The summed E-state index contributed by atoms with van der Waals surface area (Å²) in [6, 6.07) is 10.5. The van der Waals surface area contributed by atoms with Gasteiger partial charge in [-0.15, -0.1) is 0 Å². The number of carbonyl (C=O) groups excluding carboxylic acids is 1. The lowest BCUT2D eigenvalue weighted by Crippen LogP contribution is -2.19. The Kier molecular flexibility index (Phi) is 5.82. The molecule has 0 aliphatic rings. The number of Topliss-reactive ketones (excluding diaryl/α,β-unsaturated/α-hetero) is 1. The molecule has 2 rings (SSSR count). The van der Waals surface area contributed by atoms with Gasteiger partial charge in [0.2, 0.25) is 0 Å². The minimum Gasteiger partial charge on any atom is -0.475 e. The number of hydrogen-bond acceptors (Lipinski definition) is 5. The molecule has 0 saturated heterocycles. The Hall–Kier alpha value is -2.73. The van der Waals surface area contributed by atoms with Crippen LogP contribution in [0.1, 0.15) is 21.5 Å². The fraction of sp³-hybridized carbons (Fsp3) is 0.235. The molecule has 0 atom stereocenters. The van der Waals surface area contributed by atoms with Crippen molar-refractivity contribution >= 4 is 17.6 Å². The van der Waals surface area contributed by atoms with Gasteiger partial charge in [0.05, 0.1) is 0 Å². The van der Waals surface area contributed by atoms with Crippen molar-refractivity contribution in [3.05, 3.63) is 59.3 Å². The van der Waals surface area contributed by atoms with E-state index < -0.39 is 11.8 Å². The van der Waals surface area contributed by atoms with Crippen LogP contribution >= 0.6 is 0 Å². The van der Waals surface area contributed by atoms with Crippen LogP contribution in [0.5, 0.6) is 0 Å². The quantitative estimate of drug-likeness (QED) is 0.389. The Bertz CT molecular complexity index is 701. The number of carbonyl (C=O) groups is 2. The first-order valence-corrected chi connectivity index (χ1v) is 7.31. The molecule has 6 heteroatoms. The van der Waals surface area contributed by atoms with Crippen molar-refractivity contribution in [3.8, 4) is 0 Å². The van der Waals surface area contributed by atoms with Crippen LogP contribution in [0.15, 0.2) is 42.6 Å². The number of anilines is 1. The van der Waals surface area contributed by atoms with Gasteiger partial charge >= 0.3 is 5.97 Å². The van der Waals surface area contributed by atoms with Crippen LogP contribution < -0.4 is 10.6 Å². The number of nitrogens with zero attached hydrogens (tertiary/aromatic N) is 1. The molecule has 3 N–H and O–H groups in total. The van der Waals surface area contributed by atoms with Crippen LogP contribution in [0.25, 0.3) is 0 Å². The second kappa shape index (κ2) is 8.05. The number of carboxylic acid groups (broad SMARTS) is 1. The Morgan fingerprint density at radius 1 is 1.09 bits per heavy atom. The molecular formula is C17H19N3O3. The predicted octanol–water partition coefficient (Wildman–Crippen LogP) is 1.57. The van der Waals surface area contributed by atoms with Crippen LogP contribution in [0.4, 0.5) is 5.82 Å². The van der Waals surface area contributed by atoms with Gasteiger partial charge in [0, 0.05) is 31.3 Å². The van der Waals surface area contributed by atoms with Gasteiger partial charge in [-0.3, -0.25) is 4.79 Å². The zero-order valence-electron chi connectivity index (χ0n) is 12.9. The molecular weight excluding hydrogens is 294 g/mol. The van der Waals surface area contributed by atoms with E-state index in [1.807, 2.05) is 19.2 Å². The van der Waals surface area contributed by atoms with Gasteiger partial charge in [0.1, 0.15) is 5.82 Å². The minimum absolute atomic E-state index is 0.213. The van der Waals surface area contributed by atoms with E-state index in [9.17, 15) is 9.59 Å². The van der Waals surface area contributed by atoms with E-state index in [0.717, 1.165) is 24.5 Å². The second-order valence-corrected chi connectivity index (χ2v) is 5.01. The SMILES string of the molecule is CNCCNc1ncccc1Cc1ccccc1C(=O)C(=O)O. The Labute approximate surface area is 134 Å². The van der Waals surface area contributed by atoms with Crippen LogP contribution in [-0.2, 0) is 11.2 Å². The van der Waals surface area contributed by atoms with Gasteiger partial charge in [-0.05, 0) is 24.2 Å². The van der Waals surface area contributed by atoms with E-state index in [0.29, 0.717) is 12.0 Å². The second-order valence-electron chi connectivity index (χ2n) is 5.01. The van der Waals surface area contributed by atoms with Crippen LogP contribution in [-0.4, -0.2) is 42.0 Å². The molecule has 1 aromatic carbocycles. The highest BCUT2D eigenvalue weighted by Gasteiger charge is 2.18. The molecule has 0 aliphatic carbocycles. The molecule has 0 amide bonds. The van der Waals surface area contributed by atoms with Crippen molar-refractivity contribution in [3.63, 3.8) is 0 Å². The fourth-order valence-electron chi connectivity index (χ4n) is 2.26. The topological polar surface area (TPSA) is 91.3 Å². The standard InChI is InChI=1S/C17H19N3O3/c1-18-9-10-20-16-13(6-4-8-19-16)11-12-5-2-3-7-14(12)15(21)17(22)23/h2-8,18H,9-11H2,1H3,(H,19,20)(H,22,23). The summed E-state index contributed by atoms with van der Waals surface area (Å²) in [4.78, 5) is 27.1. The molecule has 2 aromatic rings. The van der Waals surface area contributed by atoms with E-state index in [2.05, 4.69) is 15.6 Å². The summed E-state index contributed by atoms with van der Waals surface area (Å²) in [6.45, 7) is 1.51. The maximum Gasteiger partial charge on any atom is 0.377 e. The van der Waals surface area contributed by atoms with Gasteiger partial charge in [-0.25, -0.2) is 9.78 Å². The first-order chi connectivity index (χ1) is 11.1. The molecule has 1 heterocycles. The van der Waals surface area contributed by atoms with E-state index in [4.69, 9.17) is 5.11 Å². The smallest absolute Gasteiger partial charge is 0.377 e. The van der Waals surface area contributed by atoms with Gasteiger partial charge in [0.25, 0.3) is 5.78 Å². The van der Waals surface area contributed by atoms with Crippen molar-refractivity contribution < 1.29 is 14.7 Å². The summed E-state index contributed by atoms with van der Waals surface area (Å²) in [5.74, 6) is -1.61. The monoisotopic (exact) mass is 313 g/mol. The van der Waals surface area contributed by atoms with E-state index in [1.54, 1.807) is 24.4 Å². The molecule has 0 unspecified atom stereocenters. The lowest BCUT2D eigenvalue weighted by Gasteiger charge is -2.12. The summed E-state index contributed by atoms with van der Waals surface area (Å²) in [5.41, 5.74) is 1.80. The van der Waals surface area contributed by atoms with Crippen molar-refractivity contribution in [2.24, 2.45) is 0 Å². The molecule has 23 heavy (non-hydrogen) atoms. The number of benzene rings is 1. The predicted molar refractivity (Wildman–Crippen MR) is 87.9 cm³/mol. The Balaban J connectivity index is 2.26. The minimum atomic E-state index is -1.45. The molecule has 0 bridgehead atoms. The number of rotatable bonds is 8. The third-order valence-electron chi connectivity index (χ3n) is 3.40. The van der Waals surface area contributed by atoms with Crippen LogP contribution in [0, 0.1) is 0 Å². The normalized spacial score (nSPS) is 10.3. The summed E-state index contributed by atoms with van der Waals surface area (Å²) in [7, 11) is 1.87. The highest BCUT2D eigenvalue weighted by atomic mass is 16.4. The van der Waals surface area contributed by atoms with Crippen LogP contribution in [0.2, 0.25) is 0 Å². The number of pyridine rings is 1. The molecule has 1 aromatic heterocycles. The third-order valence-corrected chi connectivity index (χ3v) is 3.40. The molecule has 6 nitrogen and oxygen atoms in total. The first-order valence-electron chi connectivity index (χ1n) is 7.31. The highest BCUT2D eigenvalue weighted by molar-refractivity contribution is 6.40. The third kappa shape index (κ3) is 4.37.